The monoisotopic (exact) mass is 430 g/mol. The molecule has 1 atom stereocenters. The summed E-state index contributed by atoms with van der Waals surface area (Å²) >= 11 is 6.02. The normalized spacial score (nSPS) is 20.4. The van der Waals surface area contributed by atoms with Gasteiger partial charge in [-0.1, -0.05) is 22.8 Å². The third kappa shape index (κ3) is 3.13. The first-order valence-corrected chi connectivity index (χ1v) is 9.48. The smallest absolute Gasteiger partial charge is 0.281 e. The lowest BCUT2D eigenvalue weighted by molar-refractivity contribution is -0.136. The zero-order valence-electron chi connectivity index (χ0n) is 16.6. The molecule has 0 bridgehead atoms. The van der Waals surface area contributed by atoms with Gasteiger partial charge in [0.1, 0.15) is 5.75 Å². The number of methoxy groups -OCH3 is 3. The van der Waals surface area contributed by atoms with E-state index < -0.39 is 11.5 Å². The van der Waals surface area contributed by atoms with Crippen LogP contribution < -0.4 is 19.1 Å². The maximum Gasteiger partial charge on any atom is 0.281 e. The maximum atomic E-state index is 13.2. The molecule has 9 heteroatoms. The van der Waals surface area contributed by atoms with Crippen LogP contribution in [0.3, 0.4) is 0 Å². The number of carbonyl (C=O) groups is 2. The molecule has 8 nitrogen and oxygen atoms in total. The second-order valence-electron chi connectivity index (χ2n) is 6.90. The number of halogens is 1. The Balaban J connectivity index is 1.66. The first-order valence-electron chi connectivity index (χ1n) is 9.11. The Labute approximate surface area is 177 Å². The van der Waals surface area contributed by atoms with Crippen LogP contribution in [-0.2, 0) is 14.4 Å². The number of rotatable bonds is 5. The summed E-state index contributed by atoms with van der Waals surface area (Å²) in [5.74, 6) is 0.597. The van der Waals surface area contributed by atoms with E-state index in [0.717, 1.165) is 4.90 Å². The topological polar surface area (TPSA) is 86.7 Å². The standard InChI is InChI=1S/C21H19ClN2O6/c1-27-16-9-18(29-3)17(28-2)8-14(16)15-10-21(30-23-15)11-19(25)24(20(21)26)13-6-4-5-12(22)7-13/h4-9H,10-11H2,1-3H3. The highest BCUT2D eigenvalue weighted by Gasteiger charge is 2.58. The van der Waals surface area contributed by atoms with Crippen molar-refractivity contribution in [2.45, 2.75) is 18.4 Å². The number of hydrogen-bond donors (Lipinski definition) is 0. The number of benzene rings is 2. The number of ether oxygens (including phenoxy) is 3. The molecular formula is C21H19ClN2O6. The summed E-state index contributed by atoms with van der Waals surface area (Å²) in [6, 6.07) is 9.92. The lowest BCUT2D eigenvalue weighted by Crippen LogP contribution is -2.40. The second kappa shape index (κ2) is 7.53. The summed E-state index contributed by atoms with van der Waals surface area (Å²) in [5, 5.41) is 4.55. The van der Waals surface area contributed by atoms with Gasteiger partial charge in [0.05, 0.1) is 39.1 Å². The first-order chi connectivity index (χ1) is 14.4. The second-order valence-corrected chi connectivity index (χ2v) is 7.34. The predicted octanol–water partition coefficient (Wildman–Crippen LogP) is 3.19. The van der Waals surface area contributed by atoms with Crippen molar-refractivity contribution in [1.29, 1.82) is 0 Å². The highest BCUT2D eigenvalue weighted by Crippen LogP contribution is 2.42. The molecule has 2 aliphatic rings. The Kier molecular flexibility index (Phi) is 5.03. The van der Waals surface area contributed by atoms with Crippen LogP contribution in [0, 0.1) is 0 Å². The van der Waals surface area contributed by atoms with Crippen LogP contribution >= 0.6 is 11.6 Å². The van der Waals surface area contributed by atoms with Gasteiger partial charge in [0, 0.05) is 23.1 Å². The summed E-state index contributed by atoms with van der Waals surface area (Å²) in [6.07, 6.45) is -0.0125. The minimum atomic E-state index is -1.40. The summed E-state index contributed by atoms with van der Waals surface area (Å²) < 4.78 is 16.1. The van der Waals surface area contributed by atoms with Crippen LogP contribution in [0.1, 0.15) is 18.4 Å². The van der Waals surface area contributed by atoms with Crippen molar-refractivity contribution in [1.82, 2.24) is 0 Å². The molecule has 1 fully saturated rings. The Bertz CT molecular complexity index is 1070. The van der Waals surface area contributed by atoms with Gasteiger partial charge in [-0.3, -0.25) is 9.59 Å². The fourth-order valence-electron chi connectivity index (χ4n) is 3.68. The van der Waals surface area contributed by atoms with Crippen molar-refractivity contribution in [3.05, 3.63) is 47.0 Å². The molecule has 1 saturated heterocycles. The maximum absolute atomic E-state index is 13.2. The molecule has 30 heavy (non-hydrogen) atoms. The van der Waals surface area contributed by atoms with Gasteiger partial charge in [-0.05, 0) is 24.3 Å². The van der Waals surface area contributed by atoms with Gasteiger partial charge in [-0.2, -0.15) is 0 Å². The summed E-state index contributed by atoms with van der Waals surface area (Å²) in [7, 11) is 4.56. The molecule has 2 aliphatic heterocycles. The molecule has 1 spiro atoms. The quantitative estimate of drug-likeness (QED) is 0.677. The van der Waals surface area contributed by atoms with Gasteiger partial charge in [0.2, 0.25) is 11.5 Å². The number of carbonyl (C=O) groups excluding carboxylic acids is 2. The van der Waals surface area contributed by atoms with Crippen molar-refractivity contribution < 1.29 is 28.6 Å². The van der Waals surface area contributed by atoms with E-state index in [9.17, 15) is 9.59 Å². The lowest BCUT2D eigenvalue weighted by atomic mass is 9.92. The fourth-order valence-corrected chi connectivity index (χ4v) is 3.86. The van der Waals surface area contributed by atoms with Gasteiger partial charge < -0.3 is 19.0 Å². The summed E-state index contributed by atoms with van der Waals surface area (Å²) in [4.78, 5) is 32.5. The molecule has 2 amide bonds. The van der Waals surface area contributed by atoms with Crippen LogP contribution in [0.4, 0.5) is 5.69 Å². The number of anilines is 1. The van der Waals surface area contributed by atoms with E-state index in [1.54, 1.807) is 36.4 Å². The number of hydrogen-bond acceptors (Lipinski definition) is 7. The Morgan fingerprint density at radius 1 is 1.00 bits per heavy atom. The number of oxime groups is 1. The average molecular weight is 431 g/mol. The van der Waals surface area contributed by atoms with Crippen LogP contribution in [0.15, 0.2) is 41.6 Å². The van der Waals surface area contributed by atoms with Crippen molar-refractivity contribution >= 4 is 34.8 Å². The largest absolute Gasteiger partial charge is 0.496 e. The Morgan fingerprint density at radius 3 is 2.37 bits per heavy atom. The first kappa shape index (κ1) is 20.0. The fraction of sp³-hybridized carbons (Fsp3) is 0.286. The molecule has 2 heterocycles. The van der Waals surface area contributed by atoms with E-state index in [4.69, 9.17) is 30.6 Å². The van der Waals surface area contributed by atoms with E-state index in [-0.39, 0.29) is 18.7 Å². The molecule has 4 rings (SSSR count). The average Bonchev–Trinajstić information content (AvgIpc) is 3.27. The van der Waals surface area contributed by atoms with E-state index in [2.05, 4.69) is 5.16 Å². The minimum Gasteiger partial charge on any atom is -0.496 e. The number of nitrogens with zero attached hydrogens (tertiary/aromatic N) is 2. The minimum absolute atomic E-state index is 0.112. The van der Waals surface area contributed by atoms with Crippen molar-refractivity contribution in [3.8, 4) is 17.2 Å². The van der Waals surface area contributed by atoms with E-state index in [1.807, 2.05) is 0 Å². The Morgan fingerprint density at radius 2 is 1.70 bits per heavy atom. The van der Waals surface area contributed by atoms with E-state index >= 15 is 0 Å². The van der Waals surface area contributed by atoms with Crippen molar-refractivity contribution in [3.63, 3.8) is 0 Å². The van der Waals surface area contributed by atoms with Gasteiger partial charge in [-0.25, -0.2) is 4.90 Å². The highest BCUT2D eigenvalue weighted by atomic mass is 35.5. The molecule has 156 valence electrons. The zero-order chi connectivity index (χ0) is 21.5. The molecule has 2 aromatic carbocycles. The SMILES string of the molecule is COc1cc(OC)c(C2=NOC3(CC(=O)N(c4cccc(Cl)c4)C3=O)C2)cc1OC. The molecule has 1 unspecified atom stereocenters. The molecule has 0 aliphatic carbocycles. The third-order valence-corrected chi connectivity index (χ3v) is 5.38. The van der Waals surface area contributed by atoms with Crippen molar-refractivity contribution in [2.75, 3.05) is 26.2 Å². The van der Waals surface area contributed by atoms with Crippen LogP contribution in [0.5, 0.6) is 17.2 Å². The predicted molar refractivity (Wildman–Crippen MR) is 110 cm³/mol. The van der Waals surface area contributed by atoms with Gasteiger partial charge >= 0.3 is 0 Å². The number of imide groups is 1. The number of amides is 2. The molecular weight excluding hydrogens is 412 g/mol. The van der Waals surface area contributed by atoms with E-state index in [0.29, 0.717) is 39.2 Å². The zero-order valence-corrected chi connectivity index (χ0v) is 17.4. The van der Waals surface area contributed by atoms with Gasteiger partial charge in [-0.15, -0.1) is 0 Å². The van der Waals surface area contributed by atoms with Crippen LogP contribution in [0.2, 0.25) is 5.02 Å². The lowest BCUT2D eigenvalue weighted by Gasteiger charge is -2.19. The molecule has 0 radical (unpaired) electrons. The van der Waals surface area contributed by atoms with Crippen molar-refractivity contribution in [2.24, 2.45) is 5.16 Å². The van der Waals surface area contributed by atoms with Gasteiger partial charge in [0.15, 0.2) is 11.5 Å². The summed E-state index contributed by atoms with van der Waals surface area (Å²) in [5.41, 5.74) is 0.0675. The van der Waals surface area contributed by atoms with Crippen LogP contribution in [0.25, 0.3) is 0 Å². The molecule has 0 saturated carbocycles. The highest BCUT2D eigenvalue weighted by molar-refractivity contribution is 6.31. The third-order valence-electron chi connectivity index (χ3n) is 5.15. The molecule has 0 N–H and O–H groups in total. The van der Waals surface area contributed by atoms with Crippen LogP contribution in [-0.4, -0.2) is 44.5 Å². The van der Waals surface area contributed by atoms with E-state index in [1.165, 1.54) is 21.3 Å². The Hall–Kier alpha value is -3.26. The molecule has 0 aromatic heterocycles. The summed E-state index contributed by atoms with van der Waals surface area (Å²) in [6.45, 7) is 0. The van der Waals surface area contributed by atoms with Gasteiger partial charge in [0.25, 0.3) is 5.91 Å². The molecule has 2 aromatic rings.